The van der Waals surface area contributed by atoms with Gasteiger partial charge in [-0.3, -0.25) is 4.79 Å². The molecule has 0 spiro atoms. The van der Waals surface area contributed by atoms with Gasteiger partial charge >= 0.3 is 0 Å². The van der Waals surface area contributed by atoms with Crippen molar-refractivity contribution in [3.63, 3.8) is 0 Å². The van der Waals surface area contributed by atoms with Crippen LogP contribution in [0, 0.1) is 0 Å². The topological polar surface area (TPSA) is 84.9 Å². The monoisotopic (exact) mass is 468 g/mol. The van der Waals surface area contributed by atoms with Crippen molar-refractivity contribution in [1.29, 1.82) is 0 Å². The average Bonchev–Trinajstić information content (AvgIpc) is 2.84. The Hall–Kier alpha value is -3.36. The van der Waals surface area contributed by atoms with Crippen LogP contribution >= 0.6 is 0 Å². The van der Waals surface area contributed by atoms with Gasteiger partial charge in [0.05, 0.1) is 20.8 Å². The minimum absolute atomic E-state index is 0.0202. The maximum atomic E-state index is 13.7. The first kappa shape index (κ1) is 24.3. The summed E-state index contributed by atoms with van der Waals surface area (Å²) in [6, 6.07) is 21.1. The average molecular weight is 469 g/mol. The molecule has 33 heavy (non-hydrogen) atoms. The van der Waals surface area contributed by atoms with Crippen LogP contribution in [0.15, 0.2) is 77.7 Å². The number of nitrogens with one attached hydrogen (secondary N) is 1. The summed E-state index contributed by atoms with van der Waals surface area (Å²) >= 11 is 0. The number of rotatable bonds is 10. The summed E-state index contributed by atoms with van der Waals surface area (Å²) in [7, 11) is -1.25. The van der Waals surface area contributed by atoms with Crippen LogP contribution < -0.4 is 14.8 Å². The van der Waals surface area contributed by atoms with Crippen LogP contribution in [-0.4, -0.2) is 39.4 Å². The highest BCUT2D eigenvalue weighted by molar-refractivity contribution is 7.89. The summed E-state index contributed by atoms with van der Waals surface area (Å²) in [6.07, 6.45) is 0.740. The Morgan fingerprint density at radius 1 is 0.939 bits per heavy atom. The molecule has 0 aliphatic heterocycles. The van der Waals surface area contributed by atoms with Crippen molar-refractivity contribution in [2.24, 2.45) is 0 Å². The van der Waals surface area contributed by atoms with Gasteiger partial charge in [-0.15, -0.1) is 0 Å². The van der Waals surface area contributed by atoms with Crippen molar-refractivity contribution >= 4 is 21.6 Å². The number of methoxy groups -OCH3 is 2. The third-order valence-corrected chi connectivity index (χ3v) is 7.00. The molecular formula is C25H28N2O5S. The lowest BCUT2D eigenvalue weighted by atomic mass is 10.1. The van der Waals surface area contributed by atoms with Gasteiger partial charge in [-0.05, 0) is 35.7 Å². The molecule has 0 bridgehead atoms. The maximum absolute atomic E-state index is 13.7. The summed E-state index contributed by atoms with van der Waals surface area (Å²) in [5.74, 6) is 0.109. The number of nitrogens with zero attached hydrogens (tertiary/aromatic N) is 1. The molecular weight excluding hydrogens is 440 g/mol. The number of anilines is 1. The van der Waals surface area contributed by atoms with Gasteiger partial charge in [0.1, 0.15) is 16.4 Å². The molecule has 7 nitrogen and oxygen atoms in total. The van der Waals surface area contributed by atoms with E-state index >= 15 is 0 Å². The lowest BCUT2D eigenvalue weighted by Crippen LogP contribution is -2.37. The van der Waals surface area contributed by atoms with Crippen molar-refractivity contribution in [3.8, 4) is 11.5 Å². The fourth-order valence-electron chi connectivity index (χ4n) is 3.44. The highest BCUT2D eigenvalue weighted by atomic mass is 32.2. The number of benzene rings is 3. The number of hydrogen-bond donors (Lipinski definition) is 1. The van der Waals surface area contributed by atoms with Gasteiger partial charge in [0.15, 0.2) is 0 Å². The van der Waals surface area contributed by atoms with E-state index in [4.69, 9.17) is 9.47 Å². The first-order valence-corrected chi connectivity index (χ1v) is 12.0. The van der Waals surface area contributed by atoms with E-state index in [9.17, 15) is 13.2 Å². The Morgan fingerprint density at radius 3 is 2.30 bits per heavy atom. The van der Waals surface area contributed by atoms with Gasteiger partial charge in [-0.2, -0.15) is 4.31 Å². The van der Waals surface area contributed by atoms with Crippen molar-refractivity contribution in [2.75, 3.05) is 26.1 Å². The van der Waals surface area contributed by atoms with E-state index in [2.05, 4.69) is 5.32 Å². The van der Waals surface area contributed by atoms with Gasteiger partial charge in [0.2, 0.25) is 15.9 Å². The van der Waals surface area contributed by atoms with Gasteiger partial charge in [-0.1, -0.05) is 55.5 Å². The Labute approximate surface area is 195 Å². The molecule has 0 radical (unpaired) electrons. The molecule has 1 amide bonds. The molecule has 0 unspecified atom stereocenters. The molecule has 0 heterocycles. The predicted octanol–water partition coefficient (Wildman–Crippen LogP) is 4.10. The third-order valence-electron chi connectivity index (χ3n) is 5.18. The fourth-order valence-corrected chi connectivity index (χ4v) is 4.99. The summed E-state index contributed by atoms with van der Waals surface area (Å²) in [4.78, 5) is 12.9. The molecule has 0 aliphatic rings. The fraction of sp³-hybridized carbons (Fsp3) is 0.240. The van der Waals surface area contributed by atoms with Gasteiger partial charge < -0.3 is 14.8 Å². The minimum Gasteiger partial charge on any atom is -0.497 e. The molecule has 3 aromatic rings. The van der Waals surface area contributed by atoms with Crippen molar-refractivity contribution < 1.29 is 22.7 Å². The smallest absolute Gasteiger partial charge is 0.247 e. The van der Waals surface area contributed by atoms with E-state index in [0.29, 0.717) is 11.4 Å². The maximum Gasteiger partial charge on any atom is 0.247 e. The van der Waals surface area contributed by atoms with Crippen LogP contribution in [0.1, 0.15) is 18.1 Å². The molecule has 0 aliphatic carbocycles. The Balaban J connectivity index is 1.96. The highest BCUT2D eigenvalue weighted by Crippen LogP contribution is 2.31. The van der Waals surface area contributed by atoms with Gasteiger partial charge in [0.25, 0.3) is 0 Å². The van der Waals surface area contributed by atoms with Crippen LogP contribution in [0.4, 0.5) is 5.69 Å². The van der Waals surface area contributed by atoms with E-state index in [-0.39, 0.29) is 23.7 Å². The summed E-state index contributed by atoms with van der Waals surface area (Å²) in [5, 5.41) is 2.85. The molecule has 8 heteroatoms. The van der Waals surface area contributed by atoms with E-state index < -0.39 is 15.9 Å². The zero-order valence-corrected chi connectivity index (χ0v) is 19.8. The molecule has 174 valence electrons. The molecule has 0 saturated heterocycles. The van der Waals surface area contributed by atoms with Gasteiger partial charge in [0, 0.05) is 18.3 Å². The Morgan fingerprint density at radius 2 is 1.64 bits per heavy atom. The largest absolute Gasteiger partial charge is 0.497 e. The Bertz CT molecular complexity index is 1200. The normalized spacial score (nSPS) is 11.3. The van der Waals surface area contributed by atoms with Crippen LogP contribution in [0.25, 0.3) is 0 Å². The number of para-hydroxylation sites is 1. The first-order chi connectivity index (χ1) is 15.9. The van der Waals surface area contributed by atoms with Crippen molar-refractivity contribution in [2.45, 2.75) is 24.8 Å². The number of aryl methyl sites for hydroxylation is 1. The van der Waals surface area contributed by atoms with Crippen LogP contribution in [0.2, 0.25) is 0 Å². The minimum atomic E-state index is -4.11. The molecule has 0 aromatic heterocycles. The van der Waals surface area contributed by atoms with Crippen LogP contribution in [-0.2, 0) is 27.8 Å². The number of amides is 1. The van der Waals surface area contributed by atoms with E-state index in [0.717, 1.165) is 21.9 Å². The lowest BCUT2D eigenvalue weighted by Gasteiger charge is -2.23. The molecule has 3 rings (SSSR count). The molecule has 1 N–H and O–H groups in total. The highest BCUT2D eigenvalue weighted by Gasteiger charge is 2.30. The second-order valence-corrected chi connectivity index (χ2v) is 9.24. The number of carbonyl (C=O) groups is 1. The quantitative estimate of drug-likeness (QED) is 0.484. The third kappa shape index (κ3) is 5.91. The van der Waals surface area contributed by atoms with Crippen molar-refractivity contribution in [1.82, 2.24) is 4.31 Å². The summed E-state index contributed by atoms with van der Waals surface area (Å²) < 4.78 is 39.1. The summed E-state index contributed by atoms with van der Waals surface area (Å²) in [6.45, 7) is 1.65. The second kappa shape index (κ2) is 11.0. The van der Waals surface area contributed by atoms with E-state index in [1.54, 1.807) is 12.1 Å². The zero-order chi connectivity index (χ0) is 23.8. The Kier molecular flexibility index (Phi) is 8.08. The van der Waals surface area contributed by atoms with E-state index in [1.165, 1.54) is 26.4 Å². The standard InChI is InChI=1S/C25H28N2O5S/c1-4-20-12-8-9-13-22(20)26-25(28)18-27(17-19-10-6-5-7-11-19)33(29,30)24-16-21(31-2)14-15-23(24)32-3/h5-16H,4,17-18H2,1-3H3,(H,26,28). The SMILES string of the molecule is CCc1ccccc1NC(=O)CN(Cc1ccccc1)S(=O)(=O)c1cc(OC)ccc1OC. The van der Waals surface area contributed by atoms with Crippen molar-refractivity contribution in [3.05, 3.63) is 83.9 Å². The number of ether oxygens (including phenoxy) is 2. The number of hydrogen-bond acceptors (Lipinski definition) is 5. The van der Waals surface area contributed by atoms with Crippen LogP contribution in [0.3, 0.4) is 0 Å². The first-order valence-electron chi connectivity index (χ1n) is 10.5. The zero-order valence-electron chi connectivity index (χ0n) is 18.9. The van der Waals surface area contributed by atoms with E-state index in [1.807, 2.05) is 55.5 Å². The lowest BCUT2D eigenvalue weighted by molar-refractivity contribution is -0.116. The predicted molar refractivity (Wildman–Crippen MR) is 128 cm³/mol. The molecule has 0 fully saturated rings. The number of sulfonamides is 1. The molecule has 0 atom stereocenters. The second-order valence-electron chi connectivity index (χ2n) is 7.33. The van der Waals surface area contributed by atoms with Gasteiger partial charge in [-0.25, -0.2) is 8.42 Å². The summed E-state index contributed by atoms with van der Waals surface area (Å²) in [5.41, 5.74) is 2.39. The van der Waals surface area contributed by atoms with Crippen LogP contribution in [0.5, 0.6) is 11.5 Å². The number of carbonyl (C=O) groups excluding carboxylic acids is 1. The molecule has 0 saturated carbocycles. The molecule has 3 aromatic carbocycles.